The molecule has 4 rings (SSSR count). The average molecular weight is 484 g/mol. The van der Waals surface area contributed by atoms with Crippen LogP contribution in [0.25, 0.3) is 0 Å². The van der Waals surface area contributed by atoms with Gasteiger partial charge in [0, 0.05) is 27.6 Å². The minimum absolute atomic E-state index is 0.0853. The minimum atomic E-state index is -0.443. The number of hydrogen-bond donors (Lipinski definition) is 1. The maximum Gasteiger partial charge on any atom is 0.162 e. The fraction of sp³-hybridized carbons (Fsp3) is 0.360. The van der Waals surface area contributed by atoms with Crippen molar-refractivity contribution in [1.82, 2.24) is 0 Å². The molecule has 0 saturated carbocycles. The molecule has 0 radical (unpaired) electrons. The van der Waals surface area contributed by atoms with Gasteiger partial charge < -0.3 is 5.73 Å². The predicted octanol–water partition coefficient (Wildman–Crippen LogP) is 6.68. The Morgan fingerprint density at radius 1 is 1.31 bits per heavy atom. The summed E-state index contributed by atoms with van der Waals surface area (Å²) < 4.78 is 1.12. The fourth-order valence-electron chi connectivity index (χ4n) is 4.81. The summed E-state index contributed by atoms with van der Waals surface area (Å²) >= 11 is 9.78. The van der Waals surface area contributed by atoms with Crippen LogP contribution in [0, 0.1) is 30.6 Å². The molecule has 32 heavy (non-hydrogen) atoms. The van der Waals surface area contributed by atoms with Gasteiger partial charge in [-0.25, -0.2) is 0 Å². The summed E-state index contributed by atoms with van der Waals surface area (Å²) in [5.41, 5.74) is 11.2. The maximum atomic E-state index is 13.6. The molecule has 2 aliphatic rings. The normalized spacial score (nSPS) is 20.5. The van der Waals surface area contributed by atoms with E-state index in [-0.39, 0.29) is 11.2 Å². The second-order valence-electron chi connectivity index (χ2n) is 9.17. The first kappa shape index (κ1) is 23.0. The standard InChI is InChI=1S/C25H26ClN3OS2/c1-13-9-15(24(31-5)32-13)21-16(12-27)23(28)29(18-8-6-7-17(26)14(18)2)19-10-25(3,4)11-20(30)22(19)21/h6-9,21H,10-11,28H2,1-5H3/t21-/m1/s1. The van der Waals surface area contributed by atoms with Gasteiger partial charge in [0.25, 0.3) is 0 Å². The molecule has 1 aliphatic heterocycles. The van der Waals surface area contributed by atoms with Gasteiger partial charge in [-0.3, -0.25) is 9.69 Å². The number of carbonyl (C=O) groups is 1. The lowest BCUT2D eigenvalue weighted by molar-refractivity contribution is -0.118. The van der Waals surface area contributed by atoms with Crippen molar-refractivity contribution >= 4 is 46.2 Å². The van der Waals surface area contributed by atoms with Crippen LogP contribution in [0.5, 0.6) is 0 Å². The lowest BCUT2D eigenvalue weighted by Gasteiger charge is -2.44. The van der Waals surface area contributed by atoms with Crippen molar-refractivity contribution in [2.75, 3.05) is 11.2 Å². The van der Waals surface area contributed by atoms with Crippen LogP contribution in [0.15, 0.2) is 51.1 Å². The SMILES string of the molecule is CSc1sc(C)cc1[C@@H]1C(C#N)=C(N)N(c2cccc(Cl)c2C)C2=C1C(=O)CC(C)(C)C2. The van der Waals surface area contributed by atoms with Crippen LogP contribution in [0.4, 0.5) is 5.69 Å². The van der Waals surface area contributed by atoms with Gasteiger partial charge in [-0.1, -0.05) is 31.5 Å². The second kappa shape index (κ2) is 8.30. The van der Waals surface area contributed by atoms with Crippen LogP contribution in [0.3, 0.4) is 0 Å². The summed E-state index contributed by atoms with van der Waals surface area (Å²) in [5, 5.41) is 10.9. The number of Topliss-reactive ketones (excluding diaryl/α,β-unsaturated/α-hetero) is 1. The largest absolute Gasteiger partial charge is 0.384 e. The Morgan fingerprint density at radius 3 is 2.69 bits per heavy atom. The number of aryl methyl sites for hydroxylation is 1. The molecular formula is C25H26ClN3OS2. The number of halogens is 1. The Hall–Kier alpha value is -2.20. The van der Waals surface area contributed by atoms with E-state index in [9.17, 15) is 10.1 Å². The summed E-state index contributed by atoms with van der Waals surface area (Å²) in [4.78, 5) is 16.7. The van der Waals surface area contributed by atoms with E-state index in [1.807, 2.05) is 36.3 Å². The molecule has 1 aromatic carbocycles. The van der Waals surface area contributed by atoms with E-state index in [2.05, 4.69) is 32.9 Å². The van der Waals surface area contributed by atoms with Crippen LogP contribution in [0.2, 0.25) is 5.02 Å². The summed E-state index contributed by atoms with van der Waals surface area (Å²) in [5.74, 6) is 0.0202. The van der Waals surface area contributed by atoms with Crippen molar-refractivity contribution in [3.63, 3.8) is 0 Å². The van der Waals surface area contributed by atoms with Gasteiger partial charge in [0.2, 0.25) is 0 Å². The number of allylic oxidation sites excluding steroid dienone is 3. The summed E-state index contributed by atoms with van der Waals surface area (Å²) in [7, 11) is 0. The zero-order chi connectivity index (χ0) is 23.4. The molecule has 0 saturated heterocycles. The highest BCUT2D eigenvalue weighted by Gasteiger charge is 2.45. The molecule has 7 heteroatoms. The van der Waals surface area contributed by atoms with Crippen molar-refractivity contribution < 1.29 is 4.79 Å². The monoisotopic (exact) mass is 483 g/mol. The molecule has 0 fully saturated rings. The Balaban J connectivity index is 2.06. The Bertz CT molecular complexity index is 1230. The van der Waals surface area contributed by atoms with Gasteiger partial charge in [-0.15, -0.1) is 23.1 Å². The molecule has 1 aliphatic carbocycles. The molecule has 1 aromatic heterocycles. The van der Waals surface area contributed by atoms with E-state index in [0.717, 1.165) is 31.6 Å². The van der Waals surface area contributed by atoms with Gasteiger partial charge in [-0.05, 0) is 61.3 Å². The first-order valence-corrected chi connectivity index (χ1v) is 12.9. The third-order valence-electron chi connectivity index (χ3n) is 6.21. The quantitative estimate of drug-likeness (QED) is 0.493. The second-order valence-corrected chi connectivity index (χ2v) is 11.9. The van der Waals surface area contributed by atoms with Crippen LogP contribution in [-0.4, -0.2) is 12.0 Å². The highest BCUT2D eigenvalue weighted by molar-refractivity contribution is 8.00. The Morgan fingerprint density at radius 2 is 2.03 bits per heavy atom. The van der Waals surface area contributed by atoms with E-state index in [0.29, 0.717) is 34.8 Å². The summed E-state index contributed by atoms with van der Waals surface area (Å²) in [6, 6.07) is 10.1. The van der Waals surface area contributed by atoms with Crippen molar-refractivity contribution in [2.24, 2.45) is 11.1 Å². The van der Waals surface area contributed by atoms with Crippen LogP contribution in [0.1, 0.15) is 48.6 Å². The number of benzene rings is 1. The Kier molecular flexibility index (Phi) is 5.96. The van der Waals surface area contributed by atoms with Gasteiger partial charge >= 0.3 is 0 Å². The predicted molar refractivity (Wildman–Crippen MR) is 134 cm³/mol. The van der Waals surface area contributed by atoms with Crippen molar-refractivity contribution in [3.05, 3.63) is 68.0 Å². The number of carbonyl (C=O) groups excluding carboxylic acids is 1. The van der Waals surface area contributed by atoms with E-state index < -0.39 is 5.92 Å². The number of rotatable bonds is 3. The van der Waals surface area contributed by atoms with E-state index in [1.54, 1.807) is 23.1 Å². The van der Waals surface area contributed by atoms with Gasteiger partial charge in [-0.2, -0.15) is 5.26 Å². The number of thiophene rings is 1. The van der Waals surface area contributed by atoms with Crippen molar-refractivity contribution in [1.29, 1.82) is 5.26 Å². The third-order valence-corrected chi connectivity index (χ3v) is 8.83. The van der Waals surface area contributed by atoms with Crippen LogP contribution < -0.4 is 10.6 Å². The first-order chi connectivity index (χ1) is 15.1. The van der Waals surface area contributed by atoms with Gasteiger partial charge in [0.1, 0.15) is 5.82 Å². The van der Waals surface area contributed by atoms with E-state index in [1.165, 1.54) is 0 Å². The van der Waals surface area contributed by atoms with Crippen molar-refractivity contribution in [3.8, 4) is 6.07 Å². The molecule has 1 atom stereocenters. The molecule has 166 valence electrons. The number of hydrogen-bond acceptors (Lipinski definition) is 6. The average Bonchev–Trinajstić information content (AvgIpc) is 3.09. The van der Waals surface area contributed by atoms with Crippen LogP contribution in [-0.2, 0) is 4.79 Å². The number of nitriles is 1. The summed E-state index contributed by atoms with van der Waals surface area (Å²) in [6.45, 7) is 8.20. The molecule has 2 N–H and O–H groups in total. The summed E-state index contributed by atoms with van der Waals surface area (Å²) in [6.07, 6.45) is 3.16. The molecule has 0 amide bonds. The number of anilines is 1. The molecule has 0 bridgehead atoms. The number of ketones is 1. The maximum absolute atomic E-state index is 13.6. The molecule has 0 unspecified atom stereocenters. The number of nitrogens with zero attached hydrogens (tertiary/aromatic N) is 2. The molecule has 2 aromatic rings. The third kappa shape index (κ3) is 3.67. The zero-order valence-electron chi connectivity index (χ0n) is 18.9. The number of thioether (sulfide) groups is 1. The van der Waals surface area contributed by atoms with Gasteiger partial charge in [0.15, 0.2) is 5.78 Å². The number of nitrogens with two attached hydrogens (primary N) is 1. The van der Waals surface area contributed by atoms with Crippen molar-refractivity contribution in [2.45, 2.75) is 50.7 Å². The lowest BCUT2D eigenvalue weighted by Crippen LogP contribution is -2.42. The molecule has 0 spiro atoms. The lowest BCUT2D eigenvalue weighted by atomic mass is 9.69. The topological polar surface area (TPSA) is 70.1 Å². The molecule has 4 nitrogen and oxygen atoms in total. The van der Waals surface area contributed by atoms with Crippen LogP contribution >= 0.6 is 34.7 Å². The van der Waals surface area contributed by atoms with E-state index >= 15 is 0 Å². The zero-order valence-corrected chi connectivity index (χ0v) is 21.3. The highest BCUT2D eigenvalue weighted by Crippen LogP contribution is 2.52. The minimum Gasteiger partial charge on any atom is -0.384 e. The smallest absolute Gasteiger partial charge is 0.162 e. The Labute approximate surface area is 202 Å². The van der Waals surface area contributed by atoms with E-state index in [4.69, 9.17) is 17.3 Å². The molecule has 2 heterocycles. The highest BCUT2D eigenvalue weighted by atomic mass is 35.5. The fourth-order valence-corrected chi connectivity index (χ4v) is 6.89. The van der Waals surface area contributed by atoms with Gasteiger partial charge in [0.05, 0.1) is 27.5 Å². The first-order valence-electron chi connectivity index (χ1n) is 10.4. The molecular weight excluding hydrogens is 458 g/mol.